The van der Waals surface area contributed by atoms with Gasteiger partial charge >= 0.3 is 5.97 Å². The molecule has 0 spiro atoms. The van der Waals surface area contributed by atoms with Crippen molar-refractivity contribution in [2.24, 2.45) is 0 Å². The number of hydrogen-bond acceptors (Lipinski definition) is 5. The molecular weight excluding hydrogens is 429 g/mol. The molecule has 0 aliphatic heterocycles. The second-order valence-corrected chi connectivity index (χ2v) is 6.93. The van der Waals surface area contributed by atoms with E-state index < -0.39 is 10.9 Å². The van der Waals surface area contributed by atoms with Crippen molar-refractivity contribution in [2.45, 2.75) is 0 Å². The first-order valence-corrected chi connectivity index (χ1v) is 9.33. The van der Waals surface area contributed by atoms with E-state index in [0.29, 0.717) is 21.2 Å². The van der Waals surface area contributed by atoms with Crippen molar-refractivity contribution in [1.82, 2.24) is 0 Å². The number of hydrogen-bond donors (Lipinski definition) is 0. The summed E-state index contributed by atoms with van der Waals surface area (Å²) in [5.74, 6) is -0.805. The maximum Gasteiger partial charge on any atom is 0.343 e. The molecule has 8 heteroatoms. The fourth-order valence-electron chi connectivity index (χ4n) is 2.50. The van der Waals surface area contributed by atoms with E-state index in [4.69, 9.17) is 27.9 Å². The molecule has 3 aromatic carbocycles. The molecule has 3 rings (SSSR count). The Hall–Kier alpha value is -3.48. The van der Waals surface area contributed by atoms with Gasteiger partial charge in [-0.05, 0) is 60.2 Å². The average Bonchev–Trinajstić information content (AvgIpc) is 2.73. The van der Waals surface area contributed by atoms with Crippen LogP contribution in [0, 0.1) is 10.1 Å². The highest BCUT2D eigenvalue weighted by molar-refractivity contribution is 6.35. The van der Waals surface area contributed by atoms with Gasteiger partial charge in [0.05, 0.1) is 10.5 Å². The number of carbonyl (C=O) groups excluding carboxylic acids is 2. The van der Waals surface area contributed by atoms with Crippen LogP contribution in [0.2, 0.25) is 10.0 Å². The predicted octanol–water partition coefficient (Wildman–Crippen LogP) is 6.02. The fraction of sp³-hybridized carbons (Fsp3) is 0. The maximum atomic E-state index is 12.3. The first-order valence-electron chi connectivity index (χ1n) is 8.57. The molecule has 0 aliphatic carbocycles. The lowest BCUT2D eigenvalue weighted by Crippen LogP contribution is -2.09. The third-order valence-electron chi connectivity index (χ3n) is 4.02. The minimum Gasteiger partial charge on any atom is -0.423 e. The number of ketones is 1. The smallest absolute Gasteiger partial charge is 0.343 e. The molecule has 3 aromatic rings. The van der Waals surface area contributed by atoms with Crippen LogP contribution in [-0.4, -0.2) is 16.7 Å². The molecule has 0 aromatic heterocycles. The highest BCUT2D eigenvalue weighted by Crippen LogP contribution is 2.22. The monoisotopic (exact) mass is 441 g/mol. The van der Waals surface area contributed by atoms with Crippen molar-refractivity contribution in [3.05, 3.63) is 110 Å². The Kier molecular flexibility index (Phi) is 6.61. The molecule has 0 heterocycles. The van der Waals surface area contributed by atoms with E-state index in [0.717, 1.165) is 6.07 Å². The summed E-state index contributed by atoms with van der Waals surface area (Å²) in [6.07, 6.45) is 2.95. The molecule has 0 atom stereocenters. The van der Waals surface area contributed by atoms with Gasteiger partial charge in [-0.3, -0.25) is 14.9 Å². The summed E-state index contributed by atoms with van der Waals surface area (Å²) in [5, 5.41) is 11.7. The van der Waals surface area contributed by atoms with E-state index >= 15 is 0 Å². The Balaban J connectivity index is 1.67. The van der Waals surface area contributed by atoms with E-state index in [1.54, 1.807) is 24.3 Å². The van der Waals surface area contributed by atoms with E-state index in [1.165, 1.54) is 48.5 Å². The zero-order valence-corrected chi connectivity index (χ0v) is 16.8. The van der Waals surface area contributed by atoms with Gasteiger partial charge in [-0.2, -0.15) is 0 Å². The van der Waals surface area contributed by atoms with Gasteiger partial charge in [0.2, 0.25) is 0 Å². The van der Waals surface area contributed by atoms with E-state index in [9.17, 15) is 19.7 Å². The van der Waals surface area contributed by atoms with Crippen LogP contribution in [0.15, 0.2) is 72.8 Å². The average molecular weight is 442 g/mol. The van der Waals surface area contributed by atoms with Crippen molar-refractivity contribution in [1.29, 1.82) is 0 Å². The van der Waals surface area contributed by atoms with Gasteiger partial charge in [0.1, 0.15) is 5.75 Å². The predicted molar refractivity (Wildman–Crippen MR) is 114 cm³/mol. The molecule has 150 valence electrons. The molecule has 0 radical (unpaired) electrons. The van der Waals surface area contributed by atoms with Crippen LogP contribution in [0.25, 0.3) is 6.08 Å². The van der Waals surface area contributed by atoms with E-state index in [2.05, 4.69) is 0 Å². The van der Waals surface area contributed by atoms with Crippen LogP contribution in [0.3, 0.4) is 0 Å². The minimum absolute atomic E-state index is 0.0483. The minimum atomic E-state index is -0.741. The van der Waals surface area contributed by atoms with Crippen LogP contribution in [-0.2, 0) is 0 Å². The van der Waals surface area contributed by atoms with Crippen molar-refractivity contribution < 1.29 is 19.2 Å². The molecule has 0 bridgehead atoms. The van der Waals surface area contributed by atoms with Gasteiger partial charge < -0.3 is 4.74 Å². The summed E-state index contributed by atoms with van der Waals surface area (Å²) in [5.41, 5.74) is 0.869. The largest absolute Gasteiger partial charge is 0.423 e. The SMILES string of the molecule is O=C(C=Cc1ccc(Cl)cc1Cl)c1ccc(OC(=O)c2cccc([N+](=O)[O-])c2)cc1. The Morgan fingerprint density at radius 2 is 1.67 bits per heavy atom. The lowest BCUT2D eigenvalue weighted by Gasteiger charge is -2.05. The topological polar surface area (TPSA) is 86.5 Å². The number of rotatable bonds is 6. The highest BCUT2D eigenvalue weighted by atomic mass is 35.5. The highest BCUT2D eigenvalue weighted by Gasteiger charge is 2.14. The molecule has 0 unspecified atom stereocenters. The number of non-ortho nitro benzene ring substituents is 1. The molecular formula is C22H13Cl2NO5. The van der Waals surface area contributed by atoms with Gasteiger partial charge in [-0.1, -0.05) is 35.3 Å². The number of nitro groups is 1. The molecule has 0 amide bonds. The van der Waals surface area contributed by atoms with Gasteiger partial charge in [0, 0.05) is 27.7 Å². The van der Waals surface area contributed by atoms with Gasteiger partial charge in [0.15, 0.2) is 5.78 Å². The normalized spacial score (nSPS) is 10.7. The van der Waals surface area contributed by atoms with Crippen LogP contribution in [0.5, 0.6) is 5.75 Å². The quantitative estimate of drug-likeness (QED) is 0.116. The zero-order valence-electron chi connectivity index (χ0n) is 15.2. The first kappa shape index (κ1) is 21.2. The van der Waals surface area contributed by atoms with Crippen LogP contribution in [0.4, 0.5) is 5.69 Å². The summed E-state index contributed by atoms with van der Waals surface area (Å²) in [6, 6.07) is 16.1. The number of halogens is 2. The fourth-order valence-corrected chi connectivity index (χ4v) is 2.97. The Morgan fingerprint density at radius 1 is 0.933 bits per heavy atom. The van der Waals surface area contributed by atoms with Crippen molar-refractivity contribution >= 4 is 46.7 Å². The second-order valence-electron chi connectivity index (χ2n) is 6.08. The summed E-state index contributed by atoms with van der Waals surface area (Å²) < 4.78 is 5.21. The third kappa shape index (κ3) is 5.31. The van der Waals surface area contributed by atoms with Crippen molar-refractivity contribution in [3.8, 4) is 5.75 Å². The maximum absolute atomic E-state index is 12.3. The summed E-state index contributed by atoms with van der Waals surface area (Å²) in [7, 11) is 0. The Morgan fingerprint density at radius 3 is 2.33 bits per heavy atom. The molecule has 0 fully saturated rings. The number of carbonyl (C=O) groups is 2. The number of nitro benzene ring substituents is 1. The third-order valence-corrected chi connectivity index (χ3v) is 4.58. The first-order chi connectivity index (χ1) is 14.3. The van der Waals surface area contributed by atoms with Gasteiger partial charge in [-0.15, -0.1) is 0 Å². The molecule has 30 heavy (non-hydrogen) atoms. The lowest BCUT2D eigenvalue weighted by atomic mass is 10.1. The van der Waals surface area contributed by atoms with Crippen molar-refractivity contribution in [2.75, 3.05) is 0 Å². The molecule has 0 saturated heterocycles. The van der Waals surface area contributed by atoms with Crippen molar-refractivity contribution in [3.63, 3.8) is 0 Å². The van der Waals surface area contributed by atoms with E-state index in [1.807, 2.05) is 0 Å². The van der Waals surface area contributed by atoms with Crippen LogP contribution in [0.1, 0.15) is 26.3 Å². The summed E-state index contributed by atoms with van der Waals surface area (Å²) in [6.45, 7) is 0. The Labute approximate surface area is 181 Å². The van der Waals surface area contributed by atoms with E-state index in [-0.39, 0.29) is 22.8 Å². The molecule has 0 N–H and O–H groups in total. The van der Waals surface area contributed by atoms with Crippen LogP contribution >= 0.6 is 23.2 Å². The summed E-state index contributed by atoms with van der Waals surface area (Å²) in [4.78, 5) is 34.7. The van der Waals surface area contributed by atoms with Crippen LogP contribution < -0.4 is 4.74 Å². The standard InChI is InChI=1S/C22H13Cl2NO5/c23-17-8-4-14(20(24)13-17)7-11-21(26)15-5-9-19(10-6-15)30-22(27)16-2-1-3-18(12-16)25(28)29/h1-13H. The molecule has 6 nitrogen and oxygen atoms in total. The number of ether oxygens (including phenoxy) is 1. The molecule has 0 saturated carbocycles. The Bertz CT molecular complexity index is 1160. The summed E-state index contributed by atoms with van der Waals surface area (Å²) >= 11 is 11.9. The number of allylic oxidation sites excluding steroid dienone is 1. The number of benzene rings is 3. The lowest BCUT2D eigenvalue weighted by molar-refractivity contribution is -0.384. The number of esters is 1. The van der Waals surface area contributed by atoms with Gasteiger partial charge in [0.25, 0.3) is 5.69 Å². The zero-order chi connectivity index (χ0) is 21.7. The second kappa shape index (κ2) is 9.35. The molecule has 0 aliphatic rings. The number of nitrogens with zero attached hydrogens (tertiary/aromatic N) is 1. The van der Waals surface area contributed by atoms with Gasteiger partial charge in [-0.25, -0.2) is 4.79 Å².